The molecule has 8 heteroatoms. The minimum atomic E-state index is -3.85. The lowest BCUT2D eigenvalue weighted by molar-refractivity contribution is 0.0696. The number of carboxylic acid groups (broad SMARTS) is 1. The van der Waals surface area contributed by atoms with E-state index in [1.54, 1.807) is 0 Å². The maximum absolute atomic E-state index is 12.5. The fourth-order valence-corrected chi connectivity index (χ4v) is 4.30. The summed E-state index contributed by atoms with van der Waals surface area (Å²) < 4.78 is 26.2. The normalized spacial score (nSPS) is 19.6. The van der Waals surface area contributed by atoms with Crippen LogP contribution in [0.2, 0.25) is 5.02 Å². The monoisotopic (exact) mass is 319 g/mol. The van der Waals surface area contributed by atoms with Crippen LogP contribution >= 0.6 is 11.6 Å². The smallest absolute Gasteiger partial charge is 0.335 e. The summed E-state index contributed by atoms with van der Waals surface area (Å²) in [6.45, 7) is 1.57. The Morgan fingerprint density at radius 3 is 2.60 bits per heavy atom. The summed E-state index contributed by atoms with van der Waals surface area (Å²) in [6.07, 6.45) is 0.584. The number of aliphatic hydroxyl groups excluding tert-OH is 1. The molecule has 0 saturated carbocycles. The molecule has 6 nitrogen and oxygen atoms in total. The minimum Gasteiger partial charge on any atom is -0.478 e. The van der Waals surface area contributed by atoms with Crippen LogP contribution in [0.25, 0.3) is 0 Å². The molecule has 1 aliphatic heterocycles. The SMILES string of the molecule is Cc1c(Cl)cc(C(=O)O)cc1S(=O)(=O)N1CCC1CO. The summed E-state index contributed by atoms with van der Waals surface area (Å²) in [6, 6.07) is 1.87. The van der Waals surface area contributed by atoms with Gasteiger partial charge in [0.1, 0.15) is 0 Å². The number of rotatable bonds is 4. The molecule has 0 amide bonds. The van der Waals surface area contributed by atoms with E-state index in [1.807, 2.05) is 0 Å². The molecule has 0 aromatic heterocycles. The molecule has 2 rings (SSSR count). The third-order valence-corrected chi connectivity index (χ3v) is 5.90. The van der Waals surface area contributed by atoms with Crippen LogP contribution in [-0.4, -0.2) is 48.1 Å². The van der Waals surface area contributed by atoms with Crippen molar-refractivity contribution in [3.63, 3.8) is 0 Å². The van der Waals surface area contributed by atoms with Gasteiger partial charge >= 0.3 is 5.97 Å². The summed E-state index contributed by atoms with van der Waals surface area (Å²) in [5.74, 6) is -1.24. The van der Waals surface area contributed by atoms with E-state index in [2.05, 4.69) is 0 Å². The number of benzene rings is 1. The van der Waals surface area contributed by atoms with E-state index >= 15 is 0 Å². The second kappa shape index (κ2) is 5.33. The van der Waals surface area contributed by atoms with E-state index < -0.39 is 22.0 Å². The zero-order chi connectivity index (χ0) is 15.1. The van der Waals surface area contributed by atoms with Crippen LogP contribution in [0.1, 0.15) is 22.3 Å². The van der Waals surface area contributed by atoms with Crippen molar-refractivity contribution in [1.29, 1.82) is 0 Å². The number of nitrogens with zero attached hydrogens (tertiary/aromatic N) is 1. The van der Waals surface area contributed by atoms with Crippen molar-refractivity contribution in [2.75, 3.05) is 13.2 Å². The van der Waals surface area contributed by atoms with Gasteiger partial charge < -0.3 is 10.2 Å². The molecule has 0 aliphatic carbocycles. The summed E-state index contributed by atoms with van der Waals surface area (Å²) >= 11 is 5.91. The van der Waals surface area contributed by atoms with Crippen molar-refractivity contribution in [2.24, 2.45) is 0 Å². The van der Waals surface area contributed by atoms with E-state index in [4.69, 9.17) is 21.8 Å². The first-order valence-corrected chi connectivity index (χ1v) is 7.77. The Morgan fingerprint density at radius 1 is 1.50 bits per heavy atom. The highest BCUT2D eigenvalue weighted by molar-refractivity contribution is 7.89. The van der Waals surface area contributed by atoms with Gasteiger partial charge in [0.15, 0.2) is 0 Å². The van der Waals surface area contributed by atoms with Gasteiger partial charge in [-0.25, -0.2) is 13.2 Å². The van der Waals surface area contributed by atoms with Crippen molar-refractivity contribution in [1.82, 2.24) is 4.31 Å². The van der Waals surface area contributed by atoms with Gasteiger partial charge in [0, 0.05) is 17.6 Å². The standard InChI is InChI=1S/C12H14ClNO5S/c1-7-10(13)4-8(12(16)17)5-11(7)20(18,19)14-3-2-9(14)6-15/h4-5,9,15H,2-3,6H2,1H3,(H,16,17). The molecule has 0 spiro atoms. The summed E-state index contributed by atoms with van der Waals surface area (Å²) in [7, 11) is -3.85. The van der Waals surface area contributed by atoms with E-state index in [-0.39, 0.29) is 22.1 Å². The van der Waals surface area contributed by atoms with Gasteiger partial charge in [-0.15, -0.1) is 0 Å². The highest BCUT2D eigenvalue weighted by atomic mass is 35.5. The fourth-order valence-electron chi connectivity index (χ4n) is 2.09. The molecule has 1 aliphatic rings. The van der Waals surface area contributed by atoms with Gasteiger partial charge in [0.25, 0.3) is 0 Å². The van der Waals surface area contributed by atoms with Gasteiger partial charge in [0.2, 0.25) is 10.0 Å². The zero-order valence-corrected chi connectivity index (χ0v) is 12.3. The molecule has 1 aromatic rings. The molecule has 0 radical (unpaired) electrons. The van der Waals surface area contributed by atoms with Crippen LogP contribution in [0.3, 0.4) is 0 Å². The highest BCUT2D eigenvalue weighted by Crippen LogP contribution is 2.32. The van der Waals surface area contributed by atoms with Crippen LogP contribution in [0, 0.1) is 6.92 Å². The number of hydrogen-bond donors (Lipinski definition) is 2. The third-order valence-electron chi connectivity index (χ3n) is 3.43. The average Bonchev–Trinajstić information content (AvgIpc) is 2.30. The number of hydrogen-bond acceptors (Lipinski definition) is 4. The Balaban J connectivity index is 2.54. The second-order valence-electron chi connectivity index (χ2n) is 4.63. The molecule has 1 atom stereocenters. The van der Waals surface area contributed by atoms with Gasteiger partial charge in [-0.2, -0.15) is 4.31 Å². The Hall–Kier alpha value is -1.15. The average molecular weight is 320 g/mol. The lowest BCUT2D eigenvalue weighted by Crippen LogP contribution is -2.52. The number of carbonyl (C=O) groups is 1. The number of carboxylic acids is 1. The van der Waals surface area contributed by atoms with Crippen molar-refractivity contribution >= 4 is 27.6 Å². The topological polar surface area (TPSA) is 94.9 Å². The molecule has 1 aromatic carbocycles. The van der Waals surface area contributed by atoms with Gasteiger partial charge in [-0.05, 0) is 31.0 Å². The fraction of sp³-hybridized carbons (Fsp3) is 0.417. The maximum atomic E-state index is 12.5. The van der Waals surface area contributed by atoms with E-state index in [0.717, 1.165) is 10.4 Å². The van der Waals surface area contributed by atoms with E-state index in [1.165, 1.54) is 13.0 Å². The quantitative estimate of drug-likeness (QED) is 0.866. The molecular formula is C12H14ClNO5S. The van der Waals surface area contributed by atoms with Gasteiger partial charge in [-0.1, -0.05) is 11.6 Å². The van der Waals surface area contributed by atoms with Gasteiger partial charge in [-0.3, -0.25) is 0 Å². The summed E-state index contributed by atoms with van der Waals surface area (Å²) in [5.41, 5.74) is 0.125. The van der Waals surface area contributed by atoms with Crippen LogP contribution in [0.4, 0.5) is 0 Å². The number of aromatic carboxylic acids is 1. The predicted octanol–water partition coefficient (Wildman–Crippen LogP) is 1.10. The summed E-state index contributed by atoms with van der Waals surface area (Å²) in [4.78, 5) is 10.9. The van der Waals surface area contributed by atoms with E-state index in [9.17, 15) is 13.2 Å². The number of aliphatic hydroxyl groups is 1. The van der Waals surface area contributed by atoms with Crippen molar-refractivity contribution in [3.8, 4) is 0 Å². The molecule has 1 fully saturated rings. The molecule has 2 N–H and O–H groups in total. The lowest BCUT2D eigenvalue weighted by Gasteiger charge is -2.38. The third kappa shape index (κ3) is 2.42. The van der Waals surface area contributed by atoms with Crippen LogP contribution in [0.5, 0.6) is 0 Å². The first-order valence-electron chi connectivity index (χ1n) is 5.95. The largest absolute Gasteiger partial charge is 0.478 e. The Kier molecular flexibility index (Phi) is 4.06. The molecule has 1 heterocycles. The van der Waals surface area contributed by atoms with E-state index in [0.29, 0.717) is 18.5 Å². The Morgan fingerprint density at radius 2 is 2.15 bits per heavy atom. The van der Waals surface area contributed by atoms with Crippen LogP contribution < -0.4 is 0 Å². The molecule has 1 saturated heterocycles. The van der Waals surface area contributed by atoms with Crippen LogP contribution in [0.15, 0.2) is 17.0 Å². The van der Waals surface area contributed by atoms with Crippen molar-refractivity contribution < 1.29 is 23.4 Å². The number of halogens is 1. The Labute approximate surface area is 121 Å². The van der Waals surface area contributed by atoms with Crippen molar-refractivity contribution in [2.45, 2.75) is 24.3 Å². The second-order valence-corrected chi connectivity index (χ2v) is 6.89. The molecular weight excluding hydrogens is 306 g/mol. The van der Waals surface area contributed by atoms with Gasteiger partial charge in [0.05, 0.1) is 17.1 Å². The molecule has 20 heavy (non-hydrogen) atoms. The highest BCUT2D eigenvalue weighted by Gasteiger charge is 2.39. The van der Waals surface area contributed by atoms with Crippen molar-refractivity contribution in [3.05, 3.63) is 28.3 Å². The molecule has 110 valence electrons. The Bertz CT molecular complexity index is 656. The predicted molar refractivity (Wildman–Crippen MR) is 72.5 cm³/mol. The lowest BCUT2D eigenvalue weighted by atomic mass is 10.1. The van der Waals surface area contributed by atoms with Crippen LogP contribution in [-0.2, 0) is 10.0 Å². The minimum absolute atomic E-state index is 0.0875. The summed E-state index contributed by atoms with van der Waals surface area (Å²) in [5, 5.41) is 18.2. The first kappa shape index (κ1) is 15.2. The molecule has 1 unspecified atom stereocenters. The first-order chi connectivity index (χ1) is 9.28. The number of sulfonamides is 1. The maximum Gasteiger partial charge on any atom is 0.335 e. The molecule has 0 bridgehead atoms. The zero-order valence-electron chi connectivity index (χ0n) is 10.7.